The van der Waals surface area contributed by atoms with Crippen LogP contribution < -0.4 is 0 Å². The van der Waals surface area contributed by atoms with Crippen LogP contribution in [0.15, 0.2) is 58.5 Å². The van der Waals surface area contributed by atoms with Crippen molar-refractivity contribution in [2.75, 3.05) is 0 Å². The number of nitrogens with zero attached hydrogens (tertiary/aromatic N) is 2. The van der Waals surface area contributed by atoms with Gasteiger partial charge in [0.1, 0.15) is 0 Å². The van der Waals surface area contributed by atoms with E-state index in [1.165, 1.54) is 11.1 Å². The van der Waals surface area contributed by atoms with Gasteiger partial charge < -0.3 is 0 Å². The molecule has 2 nitrogen and oxygen atoms in total. The molecule has 1 aliphatic rings. The van der Waals surface area contributed by atoms with Crippen molar-refractivity contribution in [2.45, 2.75) is 33.1 Å². The van der Waals surface area contributed by atoms with E-state index in [1.807, 2.05) is 24.3 Å². The van der Waals surface area contributed by atoms with Crippen LogP contribution in [0.25, 0.3) is 0 Å². The quantitative estimate of drug-likeness (QED) is 0.699. The first kappa shape index (κ1) is 13.7. The molecule has 0 radical (unpaired) electrons. The summed E-state index contributed by atoms with van der Waals surface area (Å²) in [5.74, 6) is 0.555. The van der Waals surface area contributed by atoms with Crippen LogP contribution in [0.5, 0.6) is 0 Å². The van der Waals surface area contributed by atoms with E-state index in [-0.39, 0.29) is 0 Å². The predicted octanol–water partition coefficient (Wildman–Crippen LogP) is 5.43. The summed E-state index contributed by atoms with van der Waals surface area (Å²) < 4.78 is 0. The van der Waals surface area contributed by atoms with Gasteiger partial charge in [-0.15, -0.1) is 0 Å². The average Bonchev–Trinajstić information content (AvgIpc) is 2.65. The molecule has 21 heavy (non-hydrogen) atoms. The molecule has 1 aliphatic heterocycles. The largest absolute Gasteiger partial charge is 0.255 e. The number of hydrogen-bond donors (Lipinski definition) is 0. The number of fused-ring (bicyclic) bond motifs is 1. The van der Waals surface area contributed by atoms with Crippen molar-refractivity contribution in [3.05, 3.63) is 59.7 Å². The molecule has 0 saturated carbocycles. The molecule has 2 aromatic carbocycles. The Balaban J connectivity index is 2.02. The molecule has 3 rings (SSSR count). The Morgan fingerprint density at radius 2 is 1.48 bits per heavy atom. The summed E-state index contributed by atoms with van der Waals surface area (Å²) >= 11 is 0. The van der Waals surface area contributed by atoms with Gasteiger partial charge in [-0.2, -0.15) is 0 Å². The van der Waals surface area contributed by atoms with Crippen LogP contribution in [0.4, 0.5) is 11.4 Å². The summed E-state index contributed by atoms with van der Waals surface area (Å²) in [5.41, 5.74) is 6.66. The zero-order valence-electron chi connectivity index (χ0n) is 12.8. The summed E-state index contributed by atoms with van der Waals surface area (Å²) in [4.78, 5) is 9.50. The SMILES string of the molecule is CC1=Nc2ccccc2N=C(c2ccc(C(C)C)cc2)C1. The fourth-order valence-corrected chi connectivity index (χ4v) is 2.55. The first-order chi connectivity index (χ1) is 10.1. The van der Waals surface area contributed by atoms with E-state index in [0.29, 0.717) is 5.92 Å². The Labute approximate surface area is 126 Å². The maximum atomic E-state index is 4.84. The molecule has 2 heteroatoms. The molecular formula is C19H20N2. The minimum Gasteiger partial charge on any atom is -0.255 e. The van der Waals surface area contributed by atoms with Gasteiger partial charge >= 0.3 is 0 Å². The van der Waals surface area contributed by atoms with Crippen LogP contribution in [0, 0.1) is 0 Å². The van der Waals surface area contributed by atoms with Crippen LogP contribution in [0.3, 0.4) is 0 Å². The average molecular weight is 276 g/mol. The summed E-state index contributed by atoms with van der Waals surface area (Å²) in [7, 11) is 0. The Bertz CT molecular complexity index is 707. The lowest BCUT2D eigenvalue weighted by molar-refractivity contribution is 0.866. The topological polar surface area (TPSA) is 24.7 Å². The van der Waals surface area contributed by atoms with Crippen LogP contribution >= 0.6 is 0 Å². The van der Waals surface area contributed by atoms with Crippen molar-refractivity contribution < 1.29 is 0 Å². The summed E-state index contributed by atoms with van der Waals surface area (Å²) in [6.07, 6.45) is 0.801. The molecule has 1 heterocycles. The maximum Gasteiger partial charge on any atom is 0.0889 e. The van der Waals surface area contributed by atoms with E-state index in [2.05, 4.69) is 50.0 Å². The van der Waals surface area contributed by atoms with Crippen molar-refractivity contribution in [3.8, 4) is 0 Å². The molecule has 0 amide bonds. The molecule has 0 unspecified atom stereocenters. The van der Waals surface area contributed by atoms with E-state index in [9.17, 15) is 0 Å². The lowest BCUT2D eigenvalue weighted by Gasteiger charge is -2.08. The minimum absolute atomic E-state index is 0.555. The number of hydrogen-bond acceptors (Lipinski definition) is 2. The molecule has 106 valence electrons. The third-order valence-electron chi connectivity index (χ3n) is 3.78. The van der Waals surface area contributed by atoms with Gasteiger partial charge in [0.2, 0.25) is 0 Å². The monoisotopic (exact) mass is 276 g/mol. The summed E-state index contributed by atoms with van der Waals surface area (Å²) in [5, 5.41) is 0. The second-order valence-electron chi connectivity index (χ2n) is 5.85. The fourth-order valence-electron chi connectivity index (χ4n) is 2.55. The number of para-hydroxylation sites is 2. The normalized spacial score (nSPS) is 14.3. The molecular weight excluding hydrogens is 256 g/mol. The van der Waals surface area contributed by atoms with Gasteiger partial charge in [-0.25, -0.2) is 0 Å². The molecule has 0 spiro atoms. The highest BCUT2D eigenvalue weighted by Gasteiger charge is 2.12. The highest BCUT2D eigenvalue weighted by molar-refractivity contribution is 6.14. The maximum absolute atomic E-state index is 4.84. The molecule has 0 saturated heterocycles. The Morgan fingerprint density at radius 1 is 0.857 bits per heavy atom. The predicted molar refractivity (Wildman–Crippen MR) is 90.6 cm³/mol. The highest BCUT2D eigenvalue weighted by atomic mass is 14.9. The molecule has 0 aliphatic carbocycles. The fraction of sp³-hybridized carbons (Fsp3) is 0.263. The summed E-state index contributed by atoms with van der Waals surface area (Å²) in [6.45, 7) is 6.50. The van der Waals surface area contributed by atoms with Crippen molar-refractivity contribution in [1.82, 2.24) is 0 Å². The van der Waals surface area contributed by atoms with Crippen LogP contribution in [0.1, 0.15) is 44.2 Å². The van der Waals surface area contributed by atoms with Gasteiger partial charge in [0.15, 0.2) is 0 Å². The van der Waals surface area contributed by atoms with E-state index >= 15 is 0 Å². The first-order valence-electron chi connectivity index (χ1n) is 7.44. The first-order valence-corrected chi connectivity index (χ1v) is 7.44. The molecule has 0 fully saturated rings. The molecule has 2 aromatic rings. The van der Waals surface area contributed by atoms with Gasteiger partial charge in [-0.3, -0.25) is 9.98 Å². The van der Waals surface area contributed by atoms with Gasteiger partial charge in [0, 0.05) is 12.1 Å². The number of aliphatic imine (C=N–C) groups is 2. The molecule has 0 bridgehead atoms. The van der Waals surface area contributed by atoms with Gasteiger partial charge in [0.25, 0.3) is 0 Å². The number of rotatable bonds is 2. The van der Waals surface area contributed by atoms with Crippen LogP contribution in [-0.4, -0.2) is 11.4 Å². The van der Waals surface area contributed by atoms with Crippen LogP contribution in [0.2, 0.25) is 0 Å². The third-order valence-corrected chi connectivity index (χ3v) is 3.78. The Morgan fingerprint density at radius 3 is 2.10 bits per heavy atom. The van der Waals surface area contributed by atoms with E-state index in [0.717, 1.165) is 29.2 Å². The second-order valence-corrected chi connectivity index (χ2v) is 5.85. The van der Waals surface area contributed by atoms with Gasteiger partial charge in [-0.05, 0) is 36.1 Å². The molecule has 0 aromatic heterocycles. The minimum atomic E-state index is 0.555. The van der Waals surface area contributed by atoms with Crippen molar-refractivity contribution in [1.29, 1.82) is 0 Å². The zero-order chi connectivity index (χ0) is 14.8. The standard InChI is InChI=1S/C19H20N2/c1-13(2)15-8-10-16(11-9-15)19-12-14(3)20-17-6-4-5-7-18(17)21-19/h4-11,13H,12H2,1-3H3. The van der Waals surface area contributed by atoms with Gasteiger partial charge in [-0.1, -0.05) is 50.2 Å². The van der Waals surface area contributed by atoms with Gasteiger partial charge in [0.05, 0.1) is 17.1 Å². The lowest BCUT2D eigenvalue weighted by atomic mass is 9.98. The van der Waals surface area contributed by atoms with E-state index in [4.69, 9.17) is 4.99 Å². The van der Waals surface area contributed by atoms with Crippen molar-refractivity contribution in [2.24, 2.45) is 9.98 Å². The molecule has 0 N–H and O–H groups in total. The Hall–Kier alpha value is -2.22. The Kier molecular flexibility index (Phi) is 3.70. The van der Waals surface area contributed by atoms with E-state index in [1.54, 1.807) is 0 Å². The summed E-state index contributed by atoms with van der Waals surface area (Å²) in [6, 6.07) is 16.8. The smallest absolute Gasteiger partial charge is 0.0889 e. The number of benzene rings is 2. The van der Waals surface area contributed by atoms with Crippen molar-refractivity contribution >= 4 is 22.8 Å². The lowest BCUT2D eigenvalue weighted by Crippen LogP contribution is -2.05. The van der Waals surface area contributed by atoms with E-state index < -0.39 is 0 Å². The highest BCUT2D eigenvalue weighted by Crippen LogP contribution is 2.31. The third kappa shape index (κ3) is 2.94. The van der Waals surface area contributed by atoms with Crippen molar-refractivity contribution in [3.63, 3.8) is 0 Å². The molecule has 0 atom stereocenters. The zero-order valence-corrected chi connectivity index (χ0v) is 12.8. The second kappa shape index (κ2) is 5.65. The van der Waals surface area contributed by atoms with Crippen LogP contribution in [-0.2, 0) is 0 Å².